The maximum atomic E-state index is 12.2. The molecule has 0 unspecified atom stereocenters. The fourth-order valence-corrected chi connectivity index (χ4v) is 3.39. The highest BCUT2D eigenvalue weighted by atomic mass is 32.1. The van der Waals surface area contributed by atoms with Crippen LogP contribution in [0.2, 0.25) is 0 Å². The number of likely N-dealkylation sites (tertiary alicyclic amines) is 1. The molecule has 2 heterocycles. The van der Waals surface area contributed by atoms with Crippen molar-refractivity contribution < 1.29 is 14.7 Å². The monoisotopic (exact) mass is 281 g/mol. The molecule has 0 atom stereocenters. The van der Waals surface area contributed by atoms with Crippen LogP contribution in [0.15, 0.2) is 16.8 Å². The molecule has 19 heavy (non-hydrogen) atoms. The van der Waals surface area contributed by atoms with Gasteiger partial charge < -0.3 is 10.0 Å². The number of carbonyl (C=O) groups is 2. The van der Waals surface area contributed by atoms with Crippen LogP contribution in [-0.4, -0.2) is 35.0 Å². The predicted molar refractivity (Wildman–Crippen MR) is 74.4 cm³/mol. The maximum absolute atomic E-state index is 12.2. The lowest BCUT2D eigenvalue weighted by atomic mass is 9.75. The molecular formula is C14H19NO3S. The number of rotatable bonds is 4. The van der Waals surface area contributed by atoms with Gasteiger partial charge >= 0.3 is 5.97 Å². The highest BCUT2D eigenvalue weighted by Crippen LogP contribution is 2.36. The fraction of sp³-hybridized carbons (Fsp3) is 0.571. The first-order valence-corrected chi connectivity index (χ1v) is 7.58. The minimum absolute atomic E-state index is 0.0248. The first-order chi connectivity index (χ1) is 9.09. The summed E-state index contributed by atoms with van der Waals surface area (Å²) in [6.45, 7) is 3.09. The number of hydrogen-bond donors (Lipinski definition) is 1. The third-order valence-electron chi connectivity index (χ3n) is 3.96. The van der Waals surface area contributed by atoms with Crippen LogP contribution in [0, 0.1) is 5.41 Å². The van der Waals surface area contributed by atoms with Crippen molar-refractivity contribution in [3.05, 3.63) is 22.4 Å². The summed E-state index contributed by atoms with van der Waals surface area (Å²) in [6, 6.07) is 1.82. The van der Waals surface area contributed by atoms with Crippen LogP contribution in [0.3, 0.4) is 0 Å². The van der Waals surface area contributed by atoms with E-state index in [9.17, 15) is 14.7 Å². The molecule has 0 aromatic carbocycles. The van der Waals surface area contributed by atoms with Crippen LogP contribution in [-0.2, 0) is 4.79 Å². The molecule has 1 saturated heterocycles. The molecule has 0 spiro atoms. The second kappa shape index (κ2) is 5.74. The Hall–Kier alpha value is -1.36. The van der Waals surface area contributed by atoms with Crippen molar-refractivity contribution in [2.75, 3.05) is 13.1 Å². The number of carboxylic acid groups (broad SMARTS) is 1. The van der Waals surface area contributed by atoms with Crippen LogP contribution in [0.25, 0.3) is 0 Å². The summed E-state index contributed by atoms with van der Waals surface area (Å²) in [5.41, 5.74) is 0.0866. The molecule has 0 bridgehead atoms. The van der Waals surface area contributed by atoms with Crippen molar-refractivity contribution in [2.24, 2.45) is 5.41 Å². The van der Waals surface area contributed by atoms with E-state index in [0.717, 1.165) is 6.42 Å². The molecular weight excluding hydrogens is 262 g/mol. The minimum Gasteiger partial charge on any atom is -0.481 e. The Morgan fingerprint density at radius 2 is 2.11 bits per heavy atom. The van der Waals surface area contributed by atoms with Gasteiger partial charge in [0.05, 0.1) is 11.0 Å². The maximum Gasteiger partial charge on any atom is 0.309 e. The Bertz CT molecular complexity index is 447. The van der Waals surface area contributed by atoms with E-state index in [2.05, 4.69) is 0 Å². The Labute approximate surface area is 117 Å². The molecule has 4 nitrogen and oxygen atoms in total. The number of carbonyl (C=O) groups excluding carboxylic acids is 1. The van der Waals surface area contributed by atoms with Crippen molar-refractivity contribution in [3.8, 4) is 0 Å². The summed E-state index contributed by atoms with van der Waals surface area (Å²) in [5, 5.41) is 13.2. The molecule has 2 rings (SSSR count). The highest BCUT2D eigenvalue weighted by molar-refractivity contribution is 7.08. The van der Waals surface area contributed by atoms with Crippen LogP contribution >= 0.6 is 11.3 Å². The zero-order chi connectivity index (χ0) is 13.9. The normalized spacial score (nSPS) is 18.3. The SMILES string of the molecule is CCCC1(C(=O)O)CCN(C(=O)c2ccsc2)CC1. The van der Waals surface area contributed by atoms with Gasteiger partial charge in [0, 0.05) is 18.5 Å². The lowest BCUT2D eigenvalue weighted by Crippen LogP contribution is -2.46. The molecule has 0 radical (unpaired) electrons. The summed E-state index contributed by atoms with van der Waals surface area (Å²) >= 11 is 1.50. The van der Waals surface area contributed by atoms with Crippen LogP contribution in [0.5, 0.6) is 0 Å². The third-order valence-corrected chi connectivity index (χ3v) is 4.64. The average Bonchev–Trinajstić information content (AvgIpc) is 2.93. The van der Waals surface area contributed by atoms with Gasteiger partial charge in [-0.2, -0.15) is 11.3 Å². The first-order valence-electron chi connectivity index (χ1n) is 6.64. The Kier molecular flexibility index (Phi) is 4.24. The highest BCUT2D eigenvalue weighted by Gasteiger charge is 2.41. The molecule has 0 aliphatic carbocycles. The number of aliphatic carboxylic acids is 1. The number of amides is 1. The van der Waals surface area contributed by atoms with Crippen LogP contribution < -0.4 is 0 Å². The number of hydrogen-bond acceptors (Lipinski definition) is 3. The van der Waals surface area contributed by atoms with Gasteiger partial charge in [0.2, 0.25) is 0 Å². The molecule has 5 heteroatoms. The molecule has 1 fully saturated rings. The van der Waals surface area contributed by atoms with Gasteiger partial charge in [-0.15, -0.1) is 0 Å². The van der Waals surface area contributed by atoms with Crippen molar-refractivity contribution in [2.45, 2.75) is 32.6 Å². The summed E-state index contributed by atoms with van der Waals surface area (Å²) < 4.78 is 0. The van der Waals surface area contributed by atoms with Crippen molar-refractivity contribution in [1.29, 1.82) is 0 Å². The summed E-state index contributed by atoms with van der Waals surface area (Å²) in [4.78, 5) is 25.4. The van der Waals surface area contributed by atoms with E-state index < -0.39 is 11.4 Å². The van der Waals surface area contributed by atoms with E-state index in [0.29, 0.717) is 37.9 Å². The molecule has 1 N–H and O–H groups in total. The largest absolute Gasteiger partial charge is 0.481 e. The molecule has 0 saturated carbocycles. The quantitative estimate of drug-likeness (QED) is 0.923. The van der Waals surface area contributed by atoms with E-state index in [1.54, 1.807) is 4.90 Å². The smallest absolute Gasteiger partial charge is 0.309 e. The Morgan fingerprint density at radius 1 is 1.42 bits per heavy atom. The van der Waals surface area contributed by atoms with E-state index in [-0.39, 0.29) is 5.91 Å². The first kappa shape index (κ1) is 14.1. The summed E-state index contributed by atoms with van der Waals surface area (Å²) in [6.07, 6.45) is 2.69. The molecule has 1 aromatic heterocycles. The fourth-order valence-electron chi connectivity index (χ4n) is 2.76. The van der Waals surface area contributed by atoms with E-state index in [1.165, 1.54) is 11.3 Å². The third kappa shape index (κ3) is 2.81. The van der Waals surface area contributed by atoms with Gasteiger partial charge in [0.25, 0.3) is 5.91 Å². The summed E-state index contributed by atoms with van der Waals surface area (Å²) in [5.74, 6) is -0.686. The van der Waals surface area contributed by atoms with Crippen molar-refractivity contribution in [3.63, 3.8) is 0 Å². The predicted octanol–water partition coefficient (Wildman–Crippen LogP) is 2.86. The molecule has 1 aliphatic heterocycles. The number of thiophene rings is 1. The standard InChI is InChI=1S/C14H19NO3S/c1-2-4-14(13(17)18)5-7-15(8-6-14)12(16)11-3-9-19-10-11/h3,9-10H,2,4-8H2,1H3,(H,17,18). The van der Waals surface area contributed by atoms with Crippen molar-refractivity contribution in [1.82, 2.24) is 4.90 Å². The van der Waals surface area contributed by atoms with Crippen LogP contribution in [0.1, 0.15) is 43.0 Å². The topological polar surface area (TPSA) is 57.6 Å². The lowest BCUT2D eigenvalue weighted by Gasteiger charge is -2.38. The zero-order valence-electron chi connectivity index (χ0n) is 11.1. The van der Waals surface area contributed by atoms with Gasteiger partial charge in [0.1, 0.15) is 0 Å². The molecule has 104 valence electrons. The second-order valence-corrected chi connectivity index (χ2v) is 5.92. The number of nitrogens with zero attached hydrogens (tertiary/aromatic N) is 1. The van der Waals surface area contributed by atoms with Gasteiger partial charge in [-0.1, -0.05) is 13.3 Å². The van der Waals surface area contributed by atoms with Gasteiger partial charge in [-0.05, 0) is 30.7 Å². The number of piperidine rings is 1. The average molecular weight is 281 g/mol. The molecule has 1 aliphatic rings. The Morgan fingerprint density at radius 3 is 2.58 bits per heavy atom. The van der Waals surface area contributed by atoms with E-state index >= 15 is 0 Å². The lowest BCUT2D eigenvalue weighted by molar-refractivity contribution is -0.152. The van der Waals surface area contributed by atoms with Crippen molar-refractivity contribution >= 4 is 23.2 Å². The molecule has 1 amide bonds. The molecule has 1 aromatic rings. The van der Waals surface area contributed by atoms with E-state index in [1.807, 2.05) is 23.8 Å². The van der Waals surface area contributed by atoms with Crippen LogP contribution in [0.4, 0.5) is 0 Å². The van der Waals surface area contributed by atoms with Gasteiger partial charge in [-0.3, -0.25) is 9.59 Å². The Balaban J connectivity index is 2.02. The minimum atomic E-state index is -0.711. The van der Waals surface area contributed by atoms with Gasteiger partial charge in [0.15, 0.2) is 0 Å². The van der Waals surface area contributed by atoms with E-state index in [4.69, 9.17) is 0 Å². The number of carboxylic acids is 1. The second-order valence-electron chi connectivity index (χ2n) is 5.14. The summed E-state index contributed by atoms with van der Waals surface area (Å²) in [7, 11) is 0. The zero-order valence-corrected chi connectivity index (χ0v) is 11.9. The van der Waals surface area contributed by atoms with Gasteiger partial charge in [-0.25, -0.2) is 0 Å².